The predicted molar refractivity (Wildman–Crippen MR) is 112 cm³/mol. The first-order valence-corrected chi connectivity index (χ1v) is 8.56. The van der Waals surface area contributed by atoms with Gasteiger partial charge in [-0.2, -0.15) is 0 Å². The molecule has 5 nitrogen and oxygen atoms in total. The maximum absolute atomic E-state index is 11.5. The van der Waals surface area contributed by atoms with E-state index in [9.17, 15) is 4.79 Å². The van der Waals surface area contributed by atoms with Crippen LogP contribution in [0.25, 0.3) is 0 Å². The van der Waals surface area contributed by atoms with E-state index in [1.807, 2.05) is 32.0 Å². The lowest BCUT2D eigenvalue weighted by Crippen LogP contribution is -2.38. The van der Waals surface area contributed by atoms with E-state index in [-0.39, 0.29) is 29.9 Å². The SMILES string of the molecule is CCCNC(=O)CCN=C(NCC)NCCc1cccc(Cl)c1.I. The molecule has 0 fully saturated rings. The van der Waals surface area contributed by atoms with E-state index in [0.29, 0.717) is 13.0 Å². The van der Waals surface area contributed by atoms with Crippen molar-refractivity contribution in [2.45, 2.75) is 33.1 Å². The number of amides is 1. The van der Waals surface area contributed by atoms with Gasteiger partial charge in [0.05, 0.1) is 6.54 Å². The fourth-order valence-electron chi connectivity index (χ4n) is 1.98. The molecule has 0 spiro atoms. The average Bonchev–Trinajstić information content (AvgIpc) is 2.53. The molecule has 0 aromatic heterocycles. The largest absolute Gasteiger partial charge is 0.357 e. The standard InChI is InChI=1S/C17H27ClN4O.HI/c1-3-10-20-16(23)9-12-22-17(19-4-2)21-11-8-14-6-5-7-15(18)13-14;/h5-7,13H,3-4,8-12H2,1-2H3,(H,20,23)(H2,19,21,22);1H. The maximum Gasteiger partial charge on any atom is 0.221 e. The zero-order valence-electron chi connectivity index (χ0n) is 14.4. The van der Waals surface area contributed by atoms with Crippen molar-refractivity contribution < 1.29 is 4.79 Å². The highest BCUT2D eigenvalue weighted by Gasteiger charge is 2.01. The second-order valence-corrected chi connectivity index (χ2v) is 5.60. The van der Waals surface area contributed by atoms with Crippen LogP contribution < -0.4 is 16.0 Å². The van der Waals surface area contributed by atoms with Crippen LogP contribution in [0.1, 0.15) is 32.3 Å². The zero-order chi connectivity index (χ0) is 16.9. The zero-order valence-corrected chi connectivity index (χ0v) is 17.5. The summed E-state index contributed by atoms with van der Waals surface area (Å²) in [5.74, 6) is 0.781. The van der Waals surface area contributed by atoms with Crippen LogP contribution in [-0.4, -0.2) is 38.0 Å². The minimum Gasteiger partial charge on any atom is -0.357 e. The fraction of sp³-hybridized carbons (Fsp3) is 0.529. The number of carbonyl (C=O) groups excluding carboxylic acids is 1. The van der Waals surface area contributed by atoms with Gasteiger partial charge in [-0.3, -0.25) is 9.79 Å². The molecule has 7 heteroatoms. The van der Waals surface area contributed by atoms with Crippen molar-refractivity contribution in [3.8, 4) is 0 Å². The second-order valence-electron chi connectivity index (χ2n) is 5.17. The molecule has 24 heavy (non-hydrogen) atoms. The normalized spacial score (nSPS) is 10.7. The third-order valence-electron chi connectivity index (χ3n) is 3.12. The number of hydrogen-bond donors (Lipinski definition) is 3. The second kappa shape index (κ2) is 14.3. The van der Waals surface area contributed by atoms with Crippen LogP contribution in [0.5, 0.6) is 0 Å². The van der Waals surface area contributed by atoms with Crippen LogP contribution in [0.3, 0.4) is 0 Å². The molecule has 0 aliphatic carbocycles. The molecular weight excluding hydrogens is 439 g/mol. The molecule has 0 unspecified atom stereocenters. The van der Waals surface area contributed by atoms with Crippen molar-refractivity contribution in [2.75, 3.05) is 26.2 Å². The molecule has 0 aliphatic heterocycles. The van der Waals surface area contributed by atoms with Gasteiger partial charge >= 0.3 is 0 Å². The van der Waals surface area contributed by atoms with Gasteiger partial charge in [-0.15, -0.1) is 24.0 Å². The van der Waals surface area contributed by atoms with Crippen LogP contribution in [0.2, 0.25) is 5.02 Å². The van der Waals surface area contributed by atoms with Crippen molar-refractivity contribution in [1.82, 2.24) is 16.0 Å². The highest BCUT2D eigenvalue weighted by atomic mass is 127. The lowest BCUT2D eigenvalue weighted by Gasteiger charge is -2.11. The van der Waals surface area contributed by atoms with Crippen LogP contribution in [0, 0.1) is 0 Å². The summed E-state index contributed by atoms with van der Waals surface area (Å²) in [5.41, 5.74) is 1.18. The molecule has 0 atom stereocenters. The molecule has 0 saturated carbocycles. The summed E-state index contributed by atoms with van der Waals surface area (Å²) in [6.07, 6.45) is 2.22. The van der Waals surface area contributed by atoms with Gasteiger partial charge in [0.15, 0.2) is 5.96 Å². The van der Waals surface area contributed by atoms with E-state index < -0.39 is 0 Å². The van der Waals surface area contributed by atoms with Crippen LogP contribution in [0.4, 0.5) is 0 Å². The molecule has 1 aromatic carbocycles. The smallest absolute Gasteiger partial charge is 0.221 e. The first kappa shape index (κ1) is 23.0. The minimum atomic E-state index is 0. The summed E-state index contributed by atoms with van der Waals surface area (Å²) < 4.78 is 0. The fourth-order valence-corrected chi connectivity index (χ4v) is 2.19. The lowest BCUT2D eigenvalue weighted by molar-refractivity contribution is -0.120. The van der Waals surface area contributed by atoms with E-state index in [4.69, 9.17) is 11.6 Å². The number of nitrogens with one attached hydrogen (secondary N) is 3. The number of benzene rings is 1. The molecule has 0 aliphatic rings. The summed E-state index contributed by atoms with van der Waals surface area (Å²) in [6, 6.07) is 7.83. The Kier molecular flexibility index (Phi) is 13.7. The quantitative estimate of drug-likeness (QED) is 0.298. The summed E-state index contributed by atoms with van der Waals surface area (Å²) in [4.78, 5) is 16.0. The van der Waals surface area contributed by atoms with Crippen LogP contribution in [-0.2, 0) is 11.2 Å². The topological polar surface area (TPSA) is 65.5 Å². The van der Waals surface area contributed by atoms with Gasteiger partial charge in [0.2, 0.25) is 5.91 Å². The molecule has 0 heterocycles. The van der Waals surface area contributed by atoms with Gasteiger partial charge in [0.1, 0.15) is 0 Å². The molecule has 0 saturated heterocycles. The molecule has 1 rings (SSSR count). The highest BCUT2D eigenvalue weighted by molar-refractivity contribution is 14.0. The van der Waals surface area contributed by atoms with Gasteiger partial charge < -0.3 is 16.0 Å². The first-order chi connectivity index (χ1) is 11.2. The van der Waals surface area contributed by atoms with E-state index in [0.717, 1.165) is 43.5 Å². The summed E-state index contributed by atoms with van der Waals surface area (Å²) in [6.45, 7) is 6.79. The van der Waals surface area contributed by atoms with Crippen LogP contribution >= 0.6 is 35.6 Å². The minimum absolute atomic E-state index is 0. The average molecular weight is 467 g/mol. The predicted octanol–water partition coefficient (Wildman–Crippen LogP) is 2.97. The molecule has 136 valence electrons. The van der Waals surface area contributed by atoms with Crippen LogP contribution in [0.15, 0.2) is 29.3 Å². The Balaban J connectivity index is 0.00000529. The third kappa shape index (κ3) is 10.7. The Labute approximate surface area is 167 Å². The molecule has 0 radical (unpaired) electrons. The van der Waals surface area contributed by atoms with Crippen molar-refractivity contribution in [1.29, 1.82) is 0 Å². The molecule has 3 N–H and O–H groups in total. The summed E-state index contributed by atoms with van der Waals surface area (Å²) >= 11 is 5.98. The number of hydrogen-bond acceptors (Lipinski definition) is 2. The van der Waals surface area contributed by atoms with Gasteiger partial charge in [0, 0.05) is 31.1 Å². The lowest BCUT2D eigenvalue weighted by atomic mass is 10.1. The number of guanidine groups is 1. The summed E-state index contributed by atoms with van der Waals surface area (Å²) in [5, 5.41) is 10.0. The van der Waals surface area contributed by atoms with E-state index in [1.165, 1.54) is 5.56 Å². The maximum atomic E-state index is 11.5. The van der Waals surface area contributed by atoms with Crippen molar-refractivity contribution in [3.63, 3.8) is 0 Å². The Bertz CT molecular complexity index is 511. The first-order valence-electron chi connectivity index (χ1n) is 8.19. The van der Waals surface area contributed by atoms with Crippen molar-refractivity contribution in [2.24, 2.45) is 4.99 Å². The number of carbonyl (C=O) groups is 1. The van der Waals surface area contributed by atoms with E-state index in [1.54, 1.807) is 0 Å². The molecule has 1 amide bonds. The molecular formula is C17H28ClIN4O. The van der Waals surface area contributed by atoms with E-state index >= 15 is 0 Å². The number of rotatable bonds is 9. The van der Waals surface area contributed by atoms with Crippen molar-refractivity contribution in [3.05, 3.63) is 34.9 Å². The van der Waals surface area contributed by atoms with Crippen molar-refractivity contribution >= 4 is 47.4 Å². The van der Waals surface area contributed by atoms with Gasteiger partial charge in [-0.25, -0.2) is 0 Å². The van der Waals surface area contributed by atoms with Gasteiger partial charge in [-0.1, -0.05) is 30.7 Å². The monoisotopic (exact) mass is 466 g/mol. The Morgan fingerprint density at radius 3 is 2.62 bits per heavy atom. The molecule has 0 bridgehead atoms. The van der Waals surface area contributed by atoms with Gasteiger partial charge in [0.25, 0.3) is 0 Å². The highest BCUT2D eigenvalue weighted by Crippen LogP contribution is 2.10. The Morgan fingerprint density at radius 1 is 1.17 bits per heavy atom. The Hall–Kier alpha value is -1.02. The van der Waals surface area contributed by atoms with Gasteiger partial charge in [-0.05, 0) is 37.5 Å². The summed E-state index contributed by atoms with van der Waals surface area (Å²) in [7, 11) is 0. The number of nitrogens with zero attached hydrogens (tertiary/aromatic N) is 1. The number of halogens is 2. The molecule has 1 aromatic rings. The van der Waals surface area contributed by atoms with E-state index in [2.05, 4.69) is 27.0 Å². The third-order valence-corrected chi connectivity index (χ3v) is 3.36. The Morgan fingerprint density at radius 2 is 1.96 bits per heavy atom. The number of aliphatic imine (C=N–C) groups is 1.